The number of aryl methyl sites for hydroxylation is 3. The lowest BCUT2D eigenvalue weighted by Gasteiger charge is -2.12. The third-order valence-corrected chi connectivity index (χ3v) is 3.38. The van der Waals surface area contributed by atoms with Crippen LogP contribution in [0.5, 0.6) is 5.75 Å². The van der Waals surface area contributed by atoms with Gasteiger partial charge in [0.1, 0.15) is 5.75 Å². The molecule has 23 heavy (non-hydrogen) atoms. The second-order valence-electron chi connectivity index (χ2n) is 5.08. The average molecular weight is 324 g/mol. The number of hydrogen-bond donors (Lipinski definition) is 3. The van der Waals surface area contributed by atoms with Gasteiger partial charge < -0.3 is 15.4 Å². The van der Waals surface area contributed by atoms with Crippen LogP contribution < -0.4 is 15.4 Å². The summed E-state index contributed by atoms with van der Waals surface area (Å²) in [5.41, 5.74) is 3.79. The number of urea groups is 1. The van der Waals surface area contributed by atoms with Crippen LogP contribution in [-0.4, -0.2) is 22.8 Å². The molecule has 2 aromatic rings. The van der Waals surface area contributed by atoms with E-state index in [4.69, 9.17) is 0 Å². The minimum Gasteiger partial charge on any atom is -0.435 e. The number of ether oxygens (including phenoxy) is 1. The smallest absolute Gasteiger partial charge is 0.387 e. The fraction of sp³-hybridized carbons (Fsp3) is 0.333. The fourth-order valence-corrected chi connectivity index (χ4v) is 2.12. The standard InChI is InChI=1S/C15H18F2N4O2/c1-8-6-11(23-14(16)17)4-5-13(8)19-15(22)18-7-12-9(2)20-21-10(12)3/h4-6,14H,7H2,1-3H3,(H,20,21)(H2,18,19,22). The van der Waals surface area contributed by atoms with E-state index in [9.17, 15) is 13.6 Å². The number of nitrogens with one attached hydrogen (secondary N) is 3. The molecule has 0 radical (unpaired) electrons. The molecule has 0 bridgehead atoms. The van der Waals surface area contributed by atoms with Crippen molar-refractivity contribution >= 4 is 11.7 Å². The largest absolute Gasteiger partial charge is 0.435 e. The Kier molecular flexibility index (Phi) is 5.15. The van der Waals surface area contributed by atoms with Gasteiger partial charge in [-0.3, -0.25) is 5.10 Å². The van der Waals surface area contributed by atoms with Gasteiger partial charge in [0.15, 0.2) is 0 Å². The van der Waals surface area contributed by atoms with Gasteiger partial charge in [0.05, 0.1) is 5.69 Å². The van der Waals surface area contributed by atoms with E-state index in [0.29, 0.717) is 17.8 Å². The van der Waals surface area contributed by atoms with E-state index < -0.39 is 12.6 Å². The summed E-state index contributed by atoms with van der Waals surface area (Å²) in [7, 11) is 0. The highest BCUT2D eigenvalue weighted by atomic mass is 19.3. The molecule has 1 heterocycles. The number of rotatable bonds is 5. The van der Waals surface area contributed by atoms with E-state index in [0.717, 1.165) is 17.0 Å². The molecule has 0 fully saturated rings. The summed E-state index contributed by atoms with van der Waals surface area (Å²) in [5.74, 6) is 0.0492. The van der Waals surface area contributed by atoms with Gasteiger partial charge in [-0.1, -0.05) is 0 Å². The Morgan fingerprint density at radius 2 is 2.09 bits per heavy atom. The minimum absolute atomic E-state index is 0.0492. The van der Waals surface area contributed by atoms with E-state index in [1.54, 1.807) is 6.92 Å². The van der Waals surface area contributed by atoms with Crippen molar-refractivity contribution in [2.45, 2.75) is 33.9 Å². The first-order valence-corrected chi connectivity index (χ1v) is 6.97. The Morgan fingerprint density at radius 1 is 1.35 bits per heavy atom. The quantitative estimate of drug-likeness (QED) is 0.790. The molecule has 0 unspecified atom stereocenters. The Bertz CT molecular complexity index is 681. The second kappa shape index (κ2) is 7.08. The highest BCUT2D eigenvalue weighted by Gasteiger charge is 2.10. The van der Waals surface area contributed by atoms with Crippen molar-refractivity contribution in [1.29, 1.82) is 0 Å². The molecule has 0 aliphatic rings. The molecule has 0 aliphatic carbocycles. The van der Waals surface area contributed by atoms with Crippen LogP contribution >= 0.6 is 0 Å². The van der Waals surface area contributed by atoms with Gasteiger partial charge in [0.25, 0.3) is 0 Å². The molecule has 0 saturated carbocycles. The van der Waals surface area contributed by atoms with Gasteiger partial charge in [-0.05, 0) is 44.5 Å². The van der Waals surface area contributed by atoms with Crippen molar-refractivity contribution in [3.63, 3.8) is 0 Å². The summed E-state index contributed by atoms with van der Waals surface area (Å²) in [6, 6.07) is 3.93. The van der Waals surface area contributed by atoms with E-state index in [2.05, 4.69) is 25.6 Å². The molecule has 124 valence electrons. The Labute approximate surface area is 132 Å². The van der Waals surface area contributed by atoms with E-state index >= 15 is 0 Å². The predicted molar refractivity (Wildman–Crippen MR) is 81.7 cm³/mol. The number of carbonyl (C=O) groups is 1. The molecule has 0 saturated heterocycles. The number of amides is 2. The highest BCUT2D eigenvalue weighted by Crippen LogP contribution is 2.22. The molecule has 0 spiro atoms. The molecular formula is C15H18F2N4O2. The maximum Gasteiger partial charge on any atom is 0.387 e. The first-order chi connectivity index (χ1) is 10.9. The van der Waals surface area contributed by atoms with Crippen LogP contribution in [-0.2, 0) is 6.54 Å². The number of aromatic amines is 1. The van der Waals surface area contributed by atoms with Gasteiger partial charge >= 0.3 is 12.6 Å². The normalized spacial score (nSPS) is 10.7. The zero-order valence-corrected chi connectivity index (χ0v) is 13.0. The second-order valence-corrected chi connectivity index (χ2v) is 5.08. The first-order valence-electron chi connectivity index (χ1n) is 6.97. The number of halogens is 2. The fourth-order valence-electron chi connectivity index (χ4n) is 2.12. The van der Waals surface area contributed by atoms with Gasteiger partial charge in [-0.15, -0.1) is 0 Å². The van der Waals surface area contributed by atoms with Crippen molar-refractivity contribution in [3.8, 4) is 5.75 Å². The monoisotopic (exact) mass is 324 g/mol. The minimum atomic E-state index is -2.88. The SMILES string of the molecule is Cc1cc(OC(F)F)ccc1NC(=O)NCc1c(C)n[nH]c1C. The summed E-state index contributed by atoms with van der Waals surface area (Å²) in [5, 5.41) is 12.3. The Hall–Kier alpha value is -2.64. The molecule has 3 N–H and O–H groups in total. The molecule has 2 amide bonds. The number of benzene rings is 1. The lowest BCUT2D eigenvalue weighted by atomic mass is 10.2. The number of alkyl halides is 2. The van der Waals surface area contributed by atoms with Crippen molar-refractivity contribution < 1.29 is 18.3 Å². The zero-order valence-electron chi connectivity index (χ0n) is 13.0. The molecular weight excluding hydrogens is 306 g/mol. The van der Waals surface area contributed by atoms with E-state index in [1.165, 1.54) is 18.2 Å². The third kappa shape index (κ3) is 4.41. The summed E-state index contributed by atoms with van der Waals surface area (Å²) >= 11 is 0. The number of nitrogens with zero attached hydrogens (tertiary/aromatic N) is 1. The maximum atomic E-state index is 12.2. The summed E-state index contributed by atoms with van der Waals surface area (Å²) < 4.78 is 28.6. The van der Waals surface area contributed by atoms with Crippen molar-refractivity contribution in [1.82, 2.24) is 15.5 Å². The molecule has 8 heteroatoms. The van der Waals surface area contributed by atoms with Crippen molar-refractivity contribution in [2.24, 2.45) is 0 Å². The zero-order chi connectivity index (χ0) is 17.0. The maximum absolute atomic E-state index is 12.2. The van der Waals surface area contributed by atoms with E-state index in [1.807, 2.05) is 13.8 Å². The van der Waals surface area contributed by atoms with Crippen LogP contribution in [0.3, 0.4) is 0 Å². The van der Waals surface area contributed by atoms with Crippen molar-refractivity contribution in [3.05, 3.63) is 40.7 Å². The Morgan fingerprint density at radius 3 is 2.65 bits per heavy atom. The van der Waals surface area contributed by atoms with Crippen LogP contribution in [0.4, 0.5) is 19.3 Å². The molecule has 6 nitrogen and oxygen atoms in total. The number of aromatic nitrogens is 2. The van der Waals surface area contributed by atoms with Crippen LogP contribution in [0.2, 0.25) is 0 Å². The van der Waals surface area contributed by atoms with Crippen LogP contribution in [0.25, 0.3) is 0 Å². The lowest BCUT2D eigenvalue weighted by Crippen LogP contribution is -2.28. The molecule has 0 aliphatic heterocycles. The third-order valence-electron chi connectivity index (χ3n) is 3.38. The van der Waals surface area contributed by atoms with Gasteiger partial charge in [0, 0.05) is 23.5 Å². The molecule has 0 atom stereocenters. The summed E-state index contributed by atoms with van der Waals surface area (Å²) in [6.07, 6.45) is 0. The van der Waals surface area contributed by atoms with Crippen LogP contribution in [0.1, 0.15) is 22.5 Å². The lowest BCUT2D eigenvalue weighted by molar-refractivity contribution is -0.0498. The number of H-pyrrole nitrogens is 1. The van der Waals surface area contributed by atoms with E-state index in [-0.39, 0.29) is 5.75 Å². The molecule has 2 rings (SSSR count). The molecule has 1 aromatic heterocycles. The Balaban J connectivity index is 1.95. The van der Waals surface area contributed by atoms with Crippen molar-refractivity contribution in [2.75, 3.05) is 5.32 Å². The number of anilines is 1. The average Bonchev–Trinajstić information content (AvgIpc) is 2.78. The number of hydrogen-bond acceptors (Lipinski definition) is 3. The molecule has 1 aromatic carbocycles. The first kappa shape index (κ1) is 16.7. The number of carbonyl (C=O) groups excluding carboxylic acids is 1. The van der Waals surface area contributed by atoms with Crippen LogP contribution in [0.15, 0.2) is 18.2 Å². The van der Waals surface area contributed by atoms with Gasteiger partial charge in [-0.25, -0.2) is 4.79 Å². The van der Waals surface area contributed by atoms with Crippen LogP contribution in [0, 0.1) is 20.8 Å². The summed E-state index contributed by atoms with van der Waals surface area (Å²) in [4.78, 5) is 11.9. The summed E-state index contributed by atoms with van der Waals surface area (Å²) in [6.45, 7) is 2.88. The predicted octanol–water partition coefficient (Wildman–Crippen LogP) is 3.26. The van der Waals surface area contributed by atoms with Gasteiger partial charge in [-0.2, -0.15) is 13.9 Å². The topological polar surface area (TPSA) is 79.0 Å². The highest BCUT2D eigenvalue weighted by molar-refractivity contribution is 5.90. The van der Waals surface area contributed by atoms with Gasteiger partial charge in [0.2, 0.25) is 0 Å².